The van der Waals surface area contributed by atoms with Gasteiger partial charge in [-0.2, -0.15) is 0 Å². The van der Waals surface area contributed by atoms with Crippen LogP contribution in [0.3, 0.4) is 0 Å². The minimum Gasteiger partial charge on any atom is -0.459 e. The Morgan fingerprint density at radius 1 is 1.39 bits per heavy atom. The molecular weight excluding hydrogens is 354 g/mol. The lowest BCUT2D eigenvalue weighted by Gasteiger charge is -2.53. The maximum atomic E-state index is 12.4. The summed E-state index contributed by atoms with van der Waals surface area (Å²) in [4.78, 5) is 28.5. The van der Waals surface area contributed by atoms with E-state index in [9.17, 15) is 9.59 Å². The van der Waals surface area contributed by atoms with Gasteiger partial charge in [0, 0.05) is 41.8 Å². The normalized spacial score (nSPS) is 37.3. The molecule has 1 aromatic rings. The van der Waals surface area contributed by atoms with Crippen LogP contribution in [0.15, 0.2) is 42.8 Å². The average molecular weight is 381 g/mol. The van der Waals surface area contributed by atoms with Crippen molar-refractivity contribution in [3.63, 3.8) is 0 Å². The smallest absolute Gasteiger partial charge is 0.334 e. The number of rotatable bonds is 3. The zero-order valence-corrected chi connectivity index (χ0v) is 16.5. The Balaban J connectivity index is 1.47. The molecule has 28 heavy (non-hydrogen) atoms. The number of ether oxygens (including phenoxy) is 2. The lowest BCUT2D eigenvalue weighted by molar-refractivity contribution is -0.171. The van der Waals surface area contributed by atoms with Crippen LogP contribution >= 0.6 is 0 Å². The fourth-order valence-electron chi connectivity index (χ4n) is 5.53. The predicted molar refractivity (Wildman–Crippen MR) is 105 cm³/mol. The lowest BCUT2D eigenvalue weighted by Crippen LogP contribution is -2.53. The van der Waals surface area contributed by atoms with Crippen LogP contribution in [0.4, 0.5) is 0 Å². The molecule has 0 amide bonds. The third kappa shape index (κ3) is 3.27. The zero-order chi connectivity index (χ0) is 19.9. The van der Waals surface area contributed by atoms with E-state index in [1.54, 1.807) is 18.5 Å². The van der Waals surface area contributed by atoms with E-state index in [0.29, 0.717) is 5.57 Å². The van der Waals surface area contributed by atoms with Crippen molar-refractivity contribution >= 4 is 18.0 Å². The summed E-state index contributed by atoms with van der Waals surface area (Å²) >= 11 is 0. The molecule has 0 bridgehead atoms. The maximum absolute atomic E-state index is 12.4. The molecule has 6 atom stereocenters. The summed E-state index contributed by atoms with van der Waals surface area (Å²) in [5.74, 6) is -0.188. The van der Waals surface area contributed by atoms with Crippen molar-refractivity contribution in [1.82, 2.24) is 4.98 Å². The van der Waals surface area contributed by atoms with Crippen LogP contribution in [0.25, 0.3) is 6.08 Å². The van der Waals surface area contributed by atoms with Crippen molar-refractivity contribution in [3.8, 4) is 0 Å². The fourth-order valence-corrected chi connectivity index (χ4v) is 5.53. The van der Waals surface area contributed by atoms with E-state index < -0.39 is 0 Å². The molecule has 3 aliphatic rings. The molecule has 0 N–H and O–H groups in total. The summed E-state index contributed by atoms with van der Waals surface area (Å²) in [5, 5.41) is 0. The van der Waals surface area contributed by atoms with Gasteiger partial charge in [0.25, 0.3) is 0 Å². The minimum atomic E-state index is -0.343. The topological polar surface area (TPSA) is 65.5 Å². The summed E-state index contributed by atoms with van der Waals surface area (Å²) in [7, 11) is 0. The summed E-state index contributed by atoms with van der Waals surface area (Å²) in [6.45, 7) is 8.37. The van der Waals surface area contributed by atoms with Crippen molar-refractivity contribution in [2.75, 3.05) is 0 Å². The Morgan fingerprint density at radius 3 is 2.93 bits per heavy atom. The molecule has 2 saturated carbocycles. The molecule has 3 fully saturated rings. The third-order valence-corrected chi connectivity index (χ3v) is 7.05. The number of carbonyl (C=O) groups is 2. The molecule has 2 heterocycles. The molecule has 5 heteroatoms. The van der Waals surface area contributed by atoms with Crippen LogP contribution in [0, 0.1) is 23.2 Å². The van der Waals surface area contributed by atoms with E-state index in [0.717, 1.165) is 31.2 Å². The van der Waals surface area contributed by atoms with E-state index in [4.69, 9.17) is 9.47 Å². The van der Waals surface area contributed by atoms with Crippen molar-refractivity contribution in [2.45, 2.75) is 51.7 Å². The molecule has 1 aliphatic heterocycles. The summed E-state index contributed by atoms with van der Waals surface area (Å²) in [5.41, 5.74) is 1.58. The molecule has 1 unspecified atom stereocenters. The highest BCUT2D eigenvalue weighted by molar-refractivity contribution is 5.91. The highest BCUT2D eigenvalue weighted by Gasteiger charge is 2.58. The van der Waals surface area contributed by atoms with Crippen LogP contribution in [0.1, 0.15) is 45.1 Å². The molecule has 1 aromatic heterocycles. The van der Waals surface area contributed by atoms with Gasteiger partial charge in [-0.3, -0.25) is 4.98 Å². The first-order valence-corrected chi connectivity index (χ1v) is 10.1. The molecule has 0 aromatic carbocycles. The minimum absolute atomic E-state index is 0.105. The second-order valence-electron chi connectivity index (χ2n) is 8.71. The molecule has 4 rings (SSSR count). The molecular formula is C23H27NO4. The van der Waals surface area contributed by atoms with Crippen molar-refractivity contribution in [3.05, 3.63) is 48.3 Å². The van der Waals surface area contributed by atoms with Gasteiger partial charge in [-0.15, -0.1) is 0 Å². The summed E-state index contributed by atoms with van der Waals surface area (Å²) < 4.78 is 11.6. The Labute approximate surface area is 165 Å². The van der Waals surface area contributed by atoms with Gasteiger partial charge in [0.05, 0.1) is 0 Å². The highest BCUT2D eigenvalue weighted by atomic mass is 16.6. The summed E-state index contributed by atoms with van der Waals surface area (Å²) in [6.07, 6.45) is 10.1. The van der Waals surface area contributed by atoms with Gasteiger partial charge in [-0.05, 0) is 48.8 Å². The van der Waals surface area contributed by atoms with E-state index in [-0.39, 0.29) is 47.3 Å². The SMILES string of the molecule is C=C1C(=O)O[C@@H]2C3[C@@H](C)[C@@H](OC(=O)/C=C/c4cccnc4)CC[C@]3(C)CC[C@@H]12. The van der Waals surface area contributed by atoms with E-state index in [1.807, 2.05) is 12.1 Å². The van der Waals surface area contributed by atoms with E-state index in [1.165, 1.54) is 6.08 Å². The van der Waals surface area contributed by atoms with Crippen LogP contribution in [-0.2, 0) is 19.1 Å². The fraction of sp³-hybridized carbons (Fsp3) is 0.522. The number of aromatic nitrogens is 1. The monoisotopic (exact) mass is 381 g/mol. The maximum Gasteiger partial charge on any atom is 0.334 e. The number of fused-ring (bicyclic) bond motifs is 3. The van der Waals surface area contributed by atoms with E-state index in [2.05, 4.69) is 25.4 Å². The number of pyridine rings is 1. The number of hydrogen-bond acceptors (Lipinski definition) is 5. The molecule has 1 saturated heterocycles. The number of hydrogen-bond donors (Lipinski definition) is 0. The molecule has 2 aliphatic carbocycles. The highest BCUT2D eigenvalue weighted by Crippen LogP contribution is 2.57. The number of esters is 2. The molecule has 5 nitrogen and oxygen atoms in total. The van der Waals surface area contributed by atoms with E-state index >= 15 is 0 Å². The standard InChI is InChI=1S/C23H27NO4/c1-14-17-8-10-23(3)11-9-18(15(2)20(23)21(17)28-22(14)26)27-19(25)7-6-16-5-4-12-24-13-16/h4-7,12-13,15,17-18,20-21H,1,8-11H2,2-3H3/b7-6+/t15-,17-,18-,20?,21-,23-/m0/s1. The van der Waals surface area contributed by atoms with Crippen molar-refractivity contribution in [1.29, 1.82) is 0 Å². The second kappa shape index (κ2) is 7.19. The largest absolute Gasteiger partial charge is 0.459 e. The molecule has 0 radical (unpaired) electrons. The van der Waals surface area contributed by atoms with Crippen LogP contribution in [-0.4, -0.2) is 29.1 Å². The van der Waals surface area contributed by atoms with Gasteiger partial charge in [0.15, 0.2) is 0 Å². The van der Waals surface area contributed by atoms with Gasteiger partial charge >= 0.3 is 11.9 Å². The molecule has 0 spiro atoms. The van der Waals surface area contributed by atoms with Crippen LogP contribution in [0.5, 0.6) is 0 Å². The van der Waals surface area contributed by atoms with Crippen molar-refractivity contribution in [2.24, 2.45) is 23.2 Å². The summed E-state index contributed by atoms with van der Waals surface area (Å²) in [6, 6.07) is 3.71. The Morgan fingerprint density at radius 2 is 2.18 bits per heavy atom. The second-order valence-corrected chi connectivity index (χ2v) is 8.71. The van der Waals surface area contributed by atoms with Crippen molar-refractivity contribution < 1.29 is 19.1 Å². The first-order valence-electron chi connectivity index (χ1n) is 10.1. The van der Waals surface area contributed by atoms with Gasteiger partial charge < -0.3 is 9.47 Å². The number of nitrogens with zero attached hydrogens (tertiary/aromatic N) is 1. The third-order valence-electron chi connectivity index (χ3n) is 7.05. The van der Waals surface area contributed by atoms with Gasteiger partial charge in [-0.1, -0.05) is 26.5 Å². The Hall–Kier alpha value is -2.43. The molecule has 148 valence electrons. The zero-order valence-electron chi connectivity index (χ0n) is 16.5. The Bertz CT molecular complexity index is 817. The quantitative estimate of drug-likeness (QED) is 0.586. The Kier molecular flexibility index (Phi) is 4.86. The number of carbonyl (C=O) groups excluding carboxylic acids is 2. The van der Waals surface area contributed by atoms with Crippen LogP contribution < -0.4 is 0 Å². The van der Waals surface area contributed by atoms with Gasteiger partial charge in [-0.25, -0.2) is 9.59 Å². The average Bonchev–Trinajstić information content (AvgIpc) is 2.97. The predicted octanol–water partition coefficient (Wildman–Crippen LogP) is 3.95. The first-order chi connectivity index (χ1) is 13.4. The van der Waals surface area contributed by atoms with Gasteiger partial charge in [0.1, 0.15) is 12.2 Å². The van der Waals surface area contributed by atoms with Gasteiger partial charge in [0.2, 0.25) is 0 Å². The lowest BCUT2D eigenvalue weighted by atomic mass is 9.53. The van der Waals surface area contributed by atoms with Crippen LogP contribution in [0.2, 0.25) is 0 Å². The first kappa shape index (κ1) is 18.9.